The van der Waals surface area contributed by atoms with Crippen molar-refractivity contribution in [2.75, 3.05) is 11.6 Å². The van der Waals surface area contributed by atoms with Gasteiger partial charge in [0.05, 0.1) is 11.9 Å². The number of likely N-dealkylation sites (tertiary alicyclic amines) is 1. The van der Waals surface area contributed by atoms with Gasteiger partial charge in [-0.05, 0) is 55.7 Å². The number of aliphatic hydroxyl groups is 1. The highest BCUT2D eigenvalue weighted by Crippen LogP contribution is 2.51. The van der Waals surface area contributed by atoms with Gasteiger partial charge in [0.2, 0.25) is 5.91 Å². The van der Waals surface area contributed by atoms with Crippen LogP contribution in [0.5, 0.6) is 5.75 Å². The minimum atomic E-state index is -1.60. The molecule has 5 rings (SSSR count). The fourth-order valence-electron chi connectivity index (χ4n) is 5.40. The van der Waals surface area contributed by atoms with Crippen LogP contribution in [-0.2, 0) is 22.6 Å². The maximum Gasteiger partial charge on any atom is 0.255 e. The molecule has 2 heterocycles. The van der Waals surface area contributed by atoms with E-state index in [1.54, 1.807) is 30.0 Å². The second-order valence-corrected chi connectivity index (χ2v) is 11.7. The predicted molar refractivity (Wildman–Crippen MR) is 153 cm³/mol. The molecule has 3 amide bonds. The van der Waals surface area contributed by atoms with Crippen LogP contribution in [0, 0.1) is 6.92 Å². The van der Waals surface area contributed by atoms with Crippen LogP contribution in [0.1, 0.15) is 34.0 Å². The summed E-state index contributed by atoms with van der Waals surface area (Å²) in [5.41, 5.74) is 8.87. The number of nitrogens with one attached hydrogen (secondary N) is 1. The molecule has 5 N–H and O–H groups in total. The molecule has 0 saturated carbocycles. The lowest BCUT2D eigenvalue weighted by molar-refractivity contribution is -0.168. The number of phenolic OH excluding ortho intramolecular Hbond substituents is 1. The molecule has 2 saturated heterocycles. The Morgan fingerprint density at radius 2 is 1.80 bits per heavy atom. The molecule has 3 aromatic carbocycles. The normalized spacial score (nSPS) is 21.4. The summed E-state index contributed by atoms with van der Waals surface area (Å²) in [7, 11) is 0. The van der Waals surface area contributed by atoms with Gasteiger partial charge in [0.25, 0.3) is 11.8 Å². The number of rotatable bonds is 8. The van der Waals surface area contributed by atoms with Crippen LogP contribution in [0.2, 0.25) is 0 Å². The molecule has 2 unspecified atom stereocenters. The first kappa shape index (κ1) is 27.5. The Labute approximate surface area is 237 Å². The zero-order valence-corrected chi connectivity index (χ0v) is 23.1. The lowest BCUT2D eigenvalue weighted by Crippen LogP contribution is -2.73. The molecule has 208 valence electrons. The van der Waals surface area contributed by atoms with Crippen LogP contribution < -0.4 is 11.1 Å². The van der Waals surface area contributed by atoms with E-state index < -0.39 is 34.9 Å². The van der Waals surface area contributed by atoms with Crippen LogP contribution in [0.25, 0.3) is 0 Å². The van der Waals surface area contributed by atoms with Crippen molar-refractivity contribution in [1.29, 1.82) is 0 Å². The molecule has 2 aliphatic heterocycles. The van der Waals surface area contributed by atoms with Crippen LogP contribution >= 0.6 is 11.8 Å². The summed E-state index contributed by atoms with van der Waals surface area (Å²) in [4.78, 5) is 42.7. The van der Waals surface area contributed by atoms with Gasteiger partial charge in [0, 0.05) is 23.4 Å². The number of hydrogen-bond acceptors (Lipinski definition) is 7. The summed E-state index contributed by atoms with van der Waals surface area (Å²) >= 11 is 1.47. The number of carbonyl (C=O) groups is 3. The van der Waals surface area contributed by atoms with E-state index >= 15 is 0 Å². The number of nitrogens with two attached hydrogens (primary N) is 1. The van der Waals surface area contributed by atoms with Crippen LogP contribution in [0.3, 0.4) is 0 Å². The fourth-order valence-corrected chi connectivity index (χ4v) is 6.77. The number of nitrogen functional groups attached to an aromatic ring is 1. The predicted octanol–water partition coefficient (Wildman–Crippen LogP) is 2.64. The number of aromatic hydroxyl groups is 1. The Morgan fingerprint density at radius 1 is 1.10 bits per heavy atom. The van der Waals surface area contributed by atoms with Crippen molar-refractivity contribution in [2.24, 2.45) is 0 Å². The number of nitrogens with zero attached hydrogens (tertiary/aromatic N) is 2. The molecule has 4 atom stereocenters. The summed E-state index contributed by atoms with van der Waals surface area (Å²) in [6.07, 6.45) is -1.41. The first-order chi connectivity index (χ1) is 19.1. The number of benzene rings is 3. The summed E-state index contributed by atoms with van der Waals surface area (Å²) in [6, 6.07) is 19.5. The maximum absolute atomic E-state index is 13.7. The Kier molecular flexibility index (Phi) is 7.48. The Bertz CT molecular complexity index is 1450. The molecule has 9 nitrogen and oxygen atoms in total. The molecule has 0 aromatic heterocycles. The van der Waals surface area contributed by atoms with Crippen LogP contribution in [0.15, 0.2) is 72.8 Å². The number of phenols is 1. The fraction of sp³-hybridized carbons (Fsp3) is 0.300. The Balaban J connectivity index is 1.35. The van der Waals surface area contributed by atoms with Gasteiger partial charge in [0.1, 0.15) is 16.7 Å². The number of β-lactam (4-membered cyclic amide) rings is 1. The van der Waals surface area contributed by atoms with Crippen molar-refractivity contribution in [2.45, 2.75) is 49.9 Å². The SMILES string of the molecule is Cc1c(O)cccc1C(=O)NC(Cc1ccccc1)[C@H](O)C(=O)N1CSC2(C)[C@H]1C(=O)N2Cc1cccc(N)c1. The van der Waals surface area contributed by atoms with Crippen molar-refractivity contribution in [3.63, 3.8) is 0 Å². The highest BCUT2D eigenvalue weighted by Gasteiger charge is 2.65. The third-order valence-electron chi connectivity index (χ3n) is 7.72. The minimum Gasteiger partial charge on any atom is -0.508 e. The van der Waals surface area contributed by atoms with Gasteiger partial charge in [0.15, 0.2) is 6.10 Å². The third-order valence-corrected chi connectivity index (χ3v) is 9.16. The first-order valence-corrected chi connectivity index (χ1v) is 14.0. The standard InChI is InChI=1S/C30H32N4O5S/c1-18-22(12-7-13-24(18)35)27(37)32-23(15-19-8-4-3-5-9-19)25(36)28(38)33-17-40-30(2)26(33)29(39)34(30)16-20-10-6-11-21(31)14-20/h3-14,23,25-26,35-36H,15-17,31H2,1-2H3,(H,32,37)/t23?,25-,26+,30?/m0/s1. The van der Waals surface area contributed by atoms with Gasteiger partial charge >= 0.3 is 0 Å². The molecule has 0 radical (unpaired) electrons. The summed E-state index contributed by atoms with van der Waals surface area (Å²) in [5, 5.41) is 24.2. The third kappa shape index (κ3) is 5.00. The number of aliphatic hydroxyl groups excluding tert-OH is 1. The molecule has 2 aliphatic rings. The molecule has 0 aliphatic carbocycles. The first-order valence-electron chi connectivity index (χ1n) is 13.0. The van der Waals surface area contributed by atoms with E-state index in [-0.39, 0.29) is 29.5 Å². The lowest BCUT2D eigenvalue weighted by Gasteiger charge is -2.52. The monoisotopic (exact) mass is 560 g/mol. The number of hydrogen-bond donors (Lipinski definition) is 4. The summed E-state index contributed by atoms with van der Waals surface area (Å²) < 4.78 is 0. The number of anilines is 1. The number of amides is 3. The number of fused-ring (bicyclic) bond motifs is 1. The van der Waals surface area contributed by atoms with Gasteiger partial charge in [-0.3, -0.25) is 14.4 Å². The minimum absolute atomic E-state index is 0.0245. The zero-order chi connectivity index (χ0) is 28.6. The van der Waals surface area contributed by atoms with Crippen molar-refractivity contribution in [1.82, 2.24) is 15.1 Å². The highest BCUT2D eigenvalue weighted by atomic mass is 32.2. The second kappa shape index (κ2) is 10.9. The van der Waals surface area contributed by atoms with E-state index in [2.05, 4.69) is 5.32 Å². The molecule has 3 aromatic rings. The van der Waals surface area contributed by atoms with Crippen molar-refractivity contribution >= 4 is 35.2 Å². The average molecular weight is 561 g/mol. The van der Waals surface area contributed by atoms with Crippen LogP contribution in [0.4, 0.5) is 5.69 Å². The van der Waals surface area contributed by atoms with E-state index in [1.165, 1.54) is 22.7 Å². The Morgan fingerprint density at radius 3 is 2.52 bits per heavy atom. The summed E-state index contributed by atoms with van der Waals surface area (Å²) in [6.45, 7) is 3.91. The van der Waals surface area contributed by atoms with E-state index in [9.17, 15) is 24.6 Å². The topological polar surface area (TPSA) is 136 Å². The van der Waals surface area contributed by atoms with E-state index in [0.29, 0.717) is 17.8 Å². The van der Waals surface area contributed by atoms with Gasteiger partial charge in [-0.1, -0.05) is 48.5 Å². The molecular formula is C30H32N4O5S. The number of thioether (sulfide) groups is 1. The molecule has 0 spiro atoms. The molecule has 10 heteroatoms. The molecule has 40 heavy (non-hydrogen) atoms. The number of carbonyl (C=O) groups excluding carboxylic acids is 3. The largest absolute Gasteiger partial charge is 0.508 e. The maximum atomic E-state index is 13.7. The van der Waals surface area contributed by atoms with Gasteiger partial charge in [-0.2, -0.15) is 0 Å². The smallest absolute Gasteiger partial charge is 0.255 e. The summed E-state index contributed by atoms with van der Waals surface area (Å²) in [5.74, 6) is -1.13. The molecular weight excluding hydrogens is 528 g/mol. The van der Waals surface area contributed by atoms with E-state index in [1.807, 2.05) is 55.5 Å². The average Bonchev–Trinajstić information content (AvgIpc) is 3.26. The molecule has 2 fully saturated rings. The van der Waals surface area contributed by atoms with Gasteiger partial charge in [-0.25, -0.2) is 0 Å². The van der Waals surface area contributed by atoms with Gasteiger partial charge in [-0.15, -0.1) is 11.8 Å². The van der Waals surface area contributed by atoms with Crippen molar-refractivity contribution in [3.05, 3.63) is 95.1 Å². The van der Waals surface area contributed by atoms with Crippen LogP contribution in [-0.4, -0.2) is 66.7 Å². The Hall–Kier alpha value is -4.02. The lowest BCUT2D eigenvalue weighted by atomic mass is 9.92. The second-order valence-electron chi connectivity index (χ2n) is 10.4. The van der Waals surface area contributed by atoms with Crippen molar-refractivity contribution < 1.29 is 24.6 Å². The van der Waals surface area contributed by atoms with Gasteiger partial charge < -0.3 is 31.1 Å². The van der Waals surface area contributed by atoms with E-state index in [4.69, 9.17) is 5.73 Å². The zero-order valence-electron chi connectivity index (χ0n) is 22.3. The van der Waals surface area contributed by atoms with E-state index in [0.717, 1.165) is 11.1 Å². The highest BCUT2D eigenvalue weighted by molar-refractivity contribution is 8.01. The molecule has 0 bridgehead atoms. The van der Waals surface area contributed by atoms with Crippen molar-refractivity contribution in [3.8, 4) is 5.75 Å². The quantitative estimate of drug-likeness (QED) is 0.246.